The van der Waals surface area contributed by atoms with Crippen molar-refractivity contribution in [3.05, 3.63) is 32.2 Å². The summed E-state index contributed by atoms with van der Waals surface area (Å²) in [5, 5.41) is 8.99. The number of aryl methyl sites for hydroxylation is 2. The van der Waals surface area contributed by atoms with Gasteiger partial charge in [-0.05, 0) is 6.92 Å². The molecule has 2 aromatic heterocycles. The van der Waals surface area contributed by atoms with E-state index in [4.69, 9.17) is 9.52 Å². The predicted octanol–water partition coefficient (Wildman–Crippen LogP) is -0.234. The molecule has 0 saturated heterocycles. The van der Waals surface area contributed by atoms with Crippen molar-refractivity contribution in [3.8, 4) is 0 Å². The smallest absolute Gasteiger partial charge is 0.333 e. The van der Waals surface area contributed by atoms with Crippen molar-refractivity contribution in [2.75, 3.05) is 0 Å². The minimum Gasteiger partial charge on any atom is -0.481 e. The van der Waals surface area contributed by atoms with Crippen LogP contribution in [0.4, 0.5) is 0 Å². The zero-order valence-electron chi connectivity index (χ0n) is 10.2. The predicted molar refractivity (Wildman–Crippen MR) is 62.8 cm³/mol. The quantitative estimate of drug-likeness (QED) is 0.796. The van der Waals surface area contributed by atoms with E-state index >= 15 is 0 Å². The molecule has 0 bridgehead atoms. The van der Waals surface area contributed by atoms with Crippen LogP contribution < -0.4 is 11.2 Å². The van der Waals surface area contributed by atoms with E-state index in [0.717, 1.165) is 4.57 Å². The average molecular weight is 252 g/mol. The highest BCUT2D eigenvalue weighted by molar-refractivity contribution is 5.83. The van der Waals surface area contributed by atoms with E-state index in [-0.39, 0.29) is 17.5 Å². The van der Waals surface area contributed by atoms with Crippen molar-refractivity contribution in [1.29, 1.82) is 0 Å². The number of carboxylic acids is 1. The number of carbonyl (C=O) groups is 1. The largest absolute Gasteiger partial charge is 0.481 e. The highest BCUT2D eigenvalue weighted by atomic mass is 16.4. The molecule has 0 spiro atoms. The van der Waals surface area contributed by atoms with Gasteiger partial charge in [-0.3, -0.25) is 18.7 Å². The van der Waals surface area contributed by atoms with Gasteiger partial charge in [-0.2, -0.15) is 0 Å². The van der Waals surface area contributed by atoms with Gasteiger partial charge >= 0.3 is 11.7 Å². The summed E-state index contributed by atoms with van der Waals surface area (Å²) >= 11 is 0. The summed E-state index contributed by atoms with van der Waals surface area (Å²) in [6.07, 6.45) is -0.313. The van der Waals surface area contributed by atoms with Crippen LogP contribution in [0.3, 0.4) is 0 Å². The highest BCUT2D eigenvalue weighted by Crippen LogP contribution is 2.21. The molecule has 0 saturated carbocycles. The summed E-state index contributed by atoms with van der Waals surface area (Å²) in [6, 6.07) is 0. The van der Waals surface area contributed by atoms with Gasteiger partial charge < -0.3 is 9.52 Å². The van der Waals surface area contributed by atoms with Gasteiger partial charge in [0.1, 0.15) is 11.1 Å². The van der Waals surface area contributed by atoms with Crippen molar-refractivity contribution in [2.45, 2.75) is 13.3 Å². The Bertz CT molecular complexity index is 762. The number of aromatic nitrogens is 2. The first-order valence-electron chi connectivity index (χ1n) is 5.24. The number of hydrogen-bond acceptors (Lipinski definition) is 4. The summed E-state index contributed by atoms with van der Waals surface area (Å²) in [7, 11) is 2.81. The molecule has 0 aliphatic heterocycles. The lowest BCUT2D eigenvalue weighted by atomic mass is 10.1. The van der Waals surface area contributed by atoms with Crippen LogP contribution in [0, 0.1) is 6.92 Å². The second kappa shape index (κ2) is 3.86. The van der Waals surface area contributed by atoms with Gasteiger partial charge in [0.2, 0.25) is 5.71 Å². The first kappa shape index (κ1) is 12.2. The molecule has 0 atom stereocenters. The molecular weight excluding hydrogens is 240 g/mol. The second-order valence-corrected chi connectivity index (χ2v) is 4.09. The second-order valence-electron chi connectivity index (χ2n) is 4.09. The zero-order valence-corrected chi connectivity index (χ0v) is 10.2. The number of hydrogen-bond donors (Lipinski definition) is 1. The van der Waals surface area contributed by atoms with Crippen LogP contribution >= 0.6 is 0 Å². The molecule has 0 fully saturated rings. The third-order valence-corrected chi connectivity index (χ3v) is 2.92. The number of fused-ring (bicyclic) bond motifs is 1. The van der Waals surface area contributed by atoms with Gasteiger partial charge in [-0.1, -0.05) is 0 Å². The van der Waals surface area contributed by atoms with Gasteiger partial charge in [-0.25, -0.2) is 4.79 Å². The average Bonchev–Trinajstić information content (AvgIpc) is 2.61. The van der Waals surface area contributed by atoms with Crippen LogP contribution in [-0.4, -0.2) is 20.2 Å². The molecule has 18 heavy (non-hydrogen) atoms. The number of carboxylic acid groups (broad SMARTS) is 1. The van der Waals surface area contributed by atoms with E-state index < -0.39 is 17.2 Å². The Morgan fingerprint density at radius 2 is 1.89 bits per heavy atom. The van der Waals surface area contributed by atoms with E-state index in [0.29, 0.717) is 11.3 Å². The maximum absolute atomic E-state index is 12.0. The normalized spacial score (nSPS) is 11.1. The lowest BCUT2D eigenvalue weighted by Gasteiger charge is -2.02. The number of aliphatic carboxylic acids is 1. The molecule has 1 N–H and O–H groups in total. The van der Waals surface area contributed by atoms with Gasteiger partial charge in [0.05, 0.1) is 6.42 Å². The van der Waals surface area contributed by atoms with Gasteiger partial charge in [0.15, 0.2) is 0 Å². The summed E-state index contributed by atoms with van der Waals surface area (Å²) in [5.74, 6) is -0.720. The van der Waals surface area contributed by atoms with Crippen LogP contribution in [0.25, 0.3) is 11.1 Å². The lowest BCUT2D eigenvalue weighted by Crippen LogP contribution is -2.36. The first-order valence-corrected chi connectivity index (χ1v) is 5.24. The third-order valence-electron chi connectivity index (χ3n) is 2.92. The summed E-state index contributed by atoms with van der Waals surface area (Å²) < 4.78 is 7.46. The number of nitrogens with zero attached hydrogens (tertiary/aromatic N) is 2. The molecule has 2 heterocycles. The summed E-state index contributed by atoms with van der Waals surface area (Å²) in [4.78, 5) is 34.5. The van der Waals surface area contributed by atoms with Crippen LogP contribution in [0.5, 0.6) is 0 Å². The SMILES string of the molecule is Cc1oc2c(c1CC(=O)O)c(=O)n(C)c(=O)n2C. The van der Waals surface area contributed by atoms with Gasteiger partial charge in [0.25, 0.3) is 5.56 Å². The first-order chi connectivity index (χ1) is 8.34. The molecule has 0 aliphatic carbocycles. The van der Waals surface area contributed by atoms with Crippen molar-refractivity contribution in [2.24, 2.45) is 14.1 Å². The molecule has 0 unspecified atom stereocenters. The fourth-order valence-electron chi connectivity index (χ4n) is 1.95. The molecule has 7 heteroatoms. The Labute approximate surface area is 101 Å². The Morgan fingerprint density at radius 1 is 1.28 bits per heavy atom. The number of rotatable bonds is 2. The minimum absolute atomic E-state index is 0.108. The molecule has 2 aromatic rings. The topological polar surface area (TPSA) is 94.4 Å². The van der Waals surface area contributed by atoms with Crippen molar-refractivity contribution in [3.63, 3.8) is 0 Å². The molecule has 0 radical (unpaired) electrons. The molecule has 7 nitrogen and oxygen atoms in total. The molecule has 0 aliphatic rings. The van der Waals surface area contributed by atoms with E-state index in [2.05, 4.69) is 0 Å². The maximum atomic E-state index is 12.0. The van der Waals surface area contributed by atoms with Crippen LogP contribution in [-0.2, 0) is 25.3 Å². The van der Waals surface area contributed by atoms with Crippen molar-refractivity contribution in [1.82, 2.24) is 9.13 Å². The molecule has 96 valence electrons. The number of furan rings is 1. The van der Waals surface area contributed by atoms with E-state index in [1.807, 2.05) is 0 Å². The monoisotopic (exact) mass is 252 g/mol. The Morgan fingerprint density at radius 3 is 2.44 bits per heavy atom. The fourth-order valence-corrected chi connectivity index (χ4v) is 1.95. The van der Waals surface area contributed by atoms with Crippen LogP contribution in [0.1, 0.15) is 11.3 Å². The zero-order chi connectivity index (χ0) is 13.6. The molecule has 2 rings (SSSR count). The summed E-state index contributed by atoms with van der Waals surface area (Å²) in [5.41, 5.74) is -0.630. The lowest BCUT2D eigenvalue weighted by molar-refractivity contribution is -0.136. The standard InChI is InChI=1S/C11H12N2O5/c1-5-6(4-7(14)15)8-9(16)12(2)11(17)13(3)10(8)18-5/h4H2,1-3H3,(H,14,15). The van der Waals surface area contributed by atoms with Gasteiger partial charge in [0, 0.05) is 19.7 Å². The Kier molecular flexibility index (Phi) is 2.61. The Balaban J connectivity index is 2.99. The van der Waals surface area contributed by atoms with Crippen molar-refractivity contribution >= 4 is 17.1 Å². The Hall–Kier alpha value is -2.31. The molecule has 0 aromatic carbocycles. The third kappa shape index (κ3) is 1.55. The van der Waals surface area contributed by atoms with E-state index in [1.165, 1.54) is 18.7 Å². The minimum atomic E-state index is -1.06. The fraction of sp³-hybridized carbons (Fsp3) is 0.364. The maximum Gasteiger partial charge on any atom is 0.333 e. The van der Waals surface area contributed by atoms with Crippen molar-refractivity contribution < 1.29 is 14.3 Å². The van der Waals surface area contributed by atoms with Gasteiger partial charge in [-0.15, -0.1) is 0 Å². The molecule has 0 amide bonds. The van der Waals surface area contributed by atoms with E-state index in [9.17, 15) is 14.4 Å². The molecular formula is C11H12N2O5. The highest BCUT2D eigenvalue weighted by Gasteiger charge is 2.20. The van der Waals surface area contributed by atoms with Crippen LogP contribution in [0.2, 0.25) is 0 Å². The van der Waals surface area contributed by atoms with E-state index in [1.54, 1.807) is 6.92 Å². The van der Waals surface area contributed by atoms with Crippen LogP contribution in [0.15, 0.2) is 14.0 Å². The summed E-state index contributed by atoms with van der Waals surface area (Å²) in [6.45, 7) is 1.57.